The first-order valence-electron chi connectivity index (χ1n) is 6.59. The number of rotatable bonds is 7. The zero-order chi connectivity index (χ0) is 13.4. The molecular formula is C15H23NO2. The topological polar surface area (TPSA) is 38.3 Å². The van der Waals surface area contributed by atoms with E-state index < -0.39 is 0 Å². The lowest BCUT2D eigenvalue weighted by Crippen LogP contribution is -2.30. The first-order chi connectivity index (χ1) is 8.71. The van der Waals surface area contributed by atoms with Gasteiger partial charge in [0.05, 0.1) is 13.5 Å². The monoisotopic (exact) mass is 249 g/mol. The normalized spacial score (nSPS) is 10.4. The highest BCUT2D eigenvalue weighted by Crippen LogP contribution is 2.17. The molecule has 0 bridgehead atoms. The van der Waals surface area contributed by atoms with Gasteiger partial charge < -0.3 is 10.1 Å². The Balaban J connectivity index is 2.49. The summed E-state index contributed by atoms with van der Waals surface area (Å²) in [4.78, 5) is 11.9. The van der Waals surface area contributed by atoms with E-state index in [-0.39, 0.29) is 5.91 Å². The molecule has 0 fully saturated rings. The van der Waals surface area contributed by atoms with Crippen molar-refractivity contribution in [3.63, 3.8) is 0 Å². The molecule has 0 aliphatic heterocycles. The van der Waals surface area contributed by atoms with Crippen LogP contribution in [-0.2, 0) is 11.2 Å². The van der Waals surface area contributed by atoms with Gasteiger partial charge in [-0.2, -0.15) is 0 Å². The Hall–Kier alpha value is -1.51. The van der Waals surface area contributed by atoms with E-state index in [1.165, 1.54) is 0 Å². The Bertz CT molecular complexity index is 373. The van der Waals surface area contributed by atoms with E-state index in [2.05, 4.69) is 19.2 Å². The van der Waals surface area contributed by atoms with Crippen molar-refractivity contribution in [1.29, 1.82) is 0 Å². The van der Waals surface area contributed by atoms with Crippen LogP contribution in [0.15, 0.2) is 24.3 Å². The molecule has 1 aromatic carbocycles. The van der Waals surface area contributed by atoms with Crippen molar-refractivity contribution in [2.24, 2.45) is 5.92 Å². The number of para-hydroxylation sites is 1. The highest BCUT2D eigenvalue weighted by molar-refractivity contribution is 5.79. The van der Waals surface area contributed by atoms with Crippen LogP contribution in [0.4, 0.5) is 0 Å². The number of hydrogen-bond acceptors (Lipinski definition) is 2. The Morgan fingerprint density at radius 2 is 1.94 bits per heavy atom. The number of amides is 1. The lowest BCUT2D eigenvalue weighted by Gasteiger charge is -2.14. The maximum absolute atomic E-state index is 11.9. The predicted octanol–water partition coefficient (Wildman–Crippen LogP) is 2.79. The molecule has 18 heavy (non-hydrogen) atoms. The zero-order valence-electron chi connectivity index (χ0n) is 11.5. The molecule has 3 nitrogen and oxygen atoms in total. The third kappa shape index (κ3) is 4.40. The smallest absolute Gasteiger partial charge is 0.224 e. The molecule has 0 aliphatic rings. The van der Waals surface area contributed by atoms with E-state index in [0.717, 1.165) is 30.7 Å². The third-order valence-electron chi connectivity index (χ3n) is 3.29. The Morgan fingerprint density at radius 1 is 1.28 bits per heavy atom. The van der Waals surface area contributed by atoms with Gasteiger partial charge in [0.1, 0.15) is 5.75 Å². The van der Waals surface area contributed by atoms with Gasteiger partial charge in [0.25, 0.3) is 0 Å². The van der Waals surface area contributed by atoms with Gasteiger partial charge in [-0.05, 0) is 12.0 Å². The van der Waals surface area contributed by atoms with Gasteiger partial charge in [-0.25, -0.2) is 0 Å². The average molecular weight is 249 g/mol. The number of methoxy groups -OCH3 is 1. The SMILES string of the molecule is CCC(CC)CNC(=O)Cc1ccccc1OC. The molecule has 0 radical (unpaired) electrons. The minimum atomic E-state index is 0.0615. The van der Waals surface area contributed by atoms with Crippen molar-refractivity contribution >= 4 is 5.91 Å². The second-order valence-electron chi connectivity index (χ2n) is 4.48. The van der Waals surface area contributed by atoms with E-state index in [1.807, 2.05) is 24.3 Å². The van der Waals surface area contributed by atoms with Crippen molar-refractivity contribution in [1.82, 2.24) is 5.32 Å². The van der Waals surface area contributed by atoms with Gasteiger partial charge in [-0.3, -0.25) is 4.79 Å². The van der Waals surface area contributed by atoms with Crippen LogP contribution < -0.4 is 10.1 Å². The summed E-state index contributed by atoms with van der Waals surface area (Å²) in [5, 5.41) is 2.99. The van der Waals surface area contributed by atoms with Gasteiger partial charge >= 0.3 is 0 Å². The summed E-state index contributed by atoms with van der Waals surface area (Å²) in [5.41, 5.74) is 0.932. The summed E-state index contributed by atoms with van der Waals surface area (Å²) in [5.74, 6) is 1.41. The van der Waals surface area contributed by atoms with E-state index in [9.17, 15) is 4.79 Å². The standard InChI is InChI=1S/C15H23NO2/c1-4-12(5-2)11-16-15(17)10-13-8-6-7-9-14(13)18-3/h6-9,12H,4-5,10-11H2,1-3H3,(H,16,17). The van der Waals surface area contributed by atoms with Crippen LogP contribution in [0.5, 0.6) is 5.75 Å². The first-order valence-corrected chi connectivity index (χ1v) is 6.59. The molecule has 0 aromatic heterocycles. The number of nitrogens with one attached hydrogen (secondary N) is 1. The quantitative estimate of drug-likeness (QED) is 0.807. The van der Waals surface area contributed by atoms with Crippen LogP contribution in [0, 0.1) is 5.92 Å². The lowest BCUT2D eigenvalue weighted by atomic mass is 10.0. The summed E-state index contributed by atoms with van der Waals surface area (Å²) in [6, 6.07) is 7.63. The van der Waals surface area contributed by atoms with Crippen molar-refractivity contribution in [3.05, 3.63) is 29.8 Å². The minimum Gasteiger partial charge on any atom is -0.496 e. The number of ether oxygens (including phenoxy) is 1. The summed E-state index contributed by atoms with van der Waals surface area (Å²) in [7, 11) is 1.63. The summed E-state index contributed by atoms with van der Waals surface area (Å²) in [6.45, 7) is 5.07. The fraction of sp³-hybridized carbons (Fsp3) is 0.533. The largest absolute Gasteiger partial charge is 0.496 e. The Kier molecular flexibility index (Phi) is 6.26. The predicted molar refractivity (Wildman–Crippen MR) is 73.8 cm³/mol. The minimum absolute atomic E-state index is 0.0615. The van der Waals surface area contributed by atoms with Crippen LogP contribution >= 0.6 is 0 Å². The van der Waals surface area contributed by atoms with Crippen molar-refractivity contribution in [3.8, 4) is 5.75 Å². The Labute approximate surface area is 110 Å². The van der Waals surface area contributed by atoms with Crippen LogP contribution in [0.1, 0.15) is 32.3 Å². The average Bonchev–Trinajstić information content (AvgIpc) is 2.40. The van der Waals surface area contributed by atoms with Gasteiger partial charge in [-0.15, -0.1) is 0 Å². The van der Waals surface area contributed by atoms with E-state index in [1.54, 1.807) is 7.11 Å². The van der Waals surface area contributed by atoms with Crippen molar-refractivity contribution in [2.75, 3.05) is 13.7 Å². The Morgan fingerprint density at radius 3 is 2.56 bits per heavy atom. The molecule has 0 spiro atoms. The highest BCUT2D eigenvalue weighted by Gasteiger charge is 2.09. The molecule has 0 unspecified atom stereocenters. The highest BCUT2D eigenvalue weighted by atomic mass is 16.5. The van der Waals surface area contributed by atoms with Gasteiger partial charge in [0, 0.05) is 12.1 Å². The number of carbonyl (C=O) groups is 1. The first kappa shape index (κ1) is 14.6. The fourth-order valence-corrected chi connectivity index (χ4v) is 1.92. The molecule has 0 atom stereocenters. The van der Waals surface area contributed by atoms with E-state index >= 15 is 0 Å². The molecular weight excluding hydrogens is 226 g/mol. The molecule has 0 saturated carbocycles. The summed E-state index contributed by atoms with van der Waals surface area (Å²) >= 11 is 0. The third-order valence-corrected chi connectivity index (χ3v) is 3.29. The van der Waals surface area contributed by atoms with Crippen LogP contribution in [0.25, 0.3) is 0 Å². The van der Waals surface area contributed by atoms with Gasteiger partial charge in [-0.1, -0.05) is 44.9 Å². The lowest BCUT2D eigenvalue weighted by molar-refractivity contribution is -0.120. The van der Waals surface area contributed by atoms with Crippen molar-refractivity contribution in [2.45, 2.75) is 33.1 Å². The molecule has 0 saturated heterocycles. The number of carbonyl (C=O) groups excluding carboxylic acids is 1. The second kappa shape index (κ2) is 7.75. The maximum atomic E-state index is 11.9. The molecule has 1 amide bonds. The summed E-state index contributed by atoms with van der Waals surface area (Å²) < 4.78 is 5.23. The number of benzene rings is 1. The molecule has 1 aromatic rings. The van der Waals surface area contributed by atoms with E-state index in [0.29, 0.717) is 12.3 Å². The molecule has 1 rings (SSSR count). The van der Waals surface area contributed by atoms with Crippen LogP contribution in [0.2, 0.25) is 0 Å². The van der Waals surface area contributed by atoms with Gasteiger partial charge in [0.15, 0.2) is 0 Å². The van der Waals surface area contributed by atoms with E-state index in [4.69, 9.17) is 4.74 Å². The molecule has 100 valence electrons. The van der Waals surface area contributed by atoms with Crippen LogP contribution in [-0.4, -0.2) is 19.6 Å². The molecule has 0 aliphatic carbocycles. The fourth-order valence-electron chi connectivity index (χ4n) is 1.92. The van der Waals surface area contributed by atoms with Crippen LogP contribution in [0.3, 0.4) is 0 Å². The molecule has 3 heteroatoms. The van der Waals surface area contributed by atoms with Crippen molar-refractivity contribution < 1.29 is 9.53 Å². The molecule has 1 N–H and O–H groups in total. The second-order valence-corrected chi connectivity index (χ2v) is 4.48. The molecule has 0 heterocycles. The maximum Gasteiger partial charge on any atom is 0.224 e. The number of hydrogen-bond donors (Lipinski definition) is 1. The van der Waals surface area contributed by atoms with Gasteiger partial charge in [0.2, 0.25) is 5.91 Å². The zero-order valence-corrected chi connectivity index (χ0v) is 11.5. The summed E-state index contributed by atoms with van der Waals surface area (Å²) in [6.07, 6.45) is 2.58.